The van der Waals surface area contributed by atoms with Gasteiger partial charge in [0.05, 0.1) is 11.4 Å². The number of rotatable bonds is 8. The molecule has 0 spiro atoms. The molecule has 2 aromatic heterocycles. The quantitative estimate of drug-likeness (QED) is 0.242. The fourth-order valence-corrected chi connectivity index (χ4v) is 3.04. The lowest BCUT2D eigenvalue weighted by Crippen LogP contribution is -2.16. The van der Waals surface area contributed by atoms with Gasteiger partial charge in [-0.25, -0.2) is 10.5 Å². The summed E-state index contributed by atoms with van der Waals surface area (Å²) in [5, 5.41) is 12.1. The third-order valence-corrected chi connectivity index (χ3v) is 4.61. The SMILES string of the molecule is CCCCNCc1c(-c2ccc(C)cc2)nc2cc(/C=C/C(=O)NO)ccn12. The van der Waals surface area contributed by atoms with Crippen LogP contribution in [0.5, 0.6) is 0 Å². The molecular formula is C22H26N4O2. The molecule has 3 aromatic rings. The van der Waals surface area contributed by atoms with Gasteiger partial charge < -0.3 is 9.72 Å². The number of aromatic nitrogens is 2. The van der Waals surface area contributed by atoms with Gasteiger partial charge in [0.1, 0.15) is 5.65 Å². The van der Waals surface area contributed by atoms with E-state index in [4.69, 9.17) is 10.2 Å². The summed E-state index contributed by atoms with van der Waals surface area (Å²) in [6.07, 6.45) is 7.18. The monoisotopic (exact) mass is 378 g/mol. The molecule has 0 bridgehead atoms. The van der Waals surface area contributed by atoms with Gasteiger partial charge in [-0.2, -0.15) is 0 Å². The van der Waals surface area contributed by atoms with Crippen LogP contribution in [0.1, 0.15) is 36.6 Å². The van der Waals surface area contributed by atoms with Gasteiger partial charge in [0.25, 0.3) is 5.91 Å². The number of benzene rings is 1. The number of unbranched alkanes of at least 4 members (excludes halogenated alkanes) is 1. The Morgan fingerprint density at radius 1 is 1.25 bits per heavy atom. The zero-order valence-corrected chi connectivity index (χ0v) is 16.3. The van der Waals surface area contributed by atoms with Crippen LogP contribution >= 0.6 is 0 Å². The fourth-order valence-electron chi connectivity index (χ4n) is 3.04. The van der Waals surface area contributed by atoms with E-state index in [1.54, 1.807) is 11.6 Å². The predicted molar refractivity (Wildman–Crippen MR) is 111 cm³/mol. The molecule has 0 aliphatic heterocycles. The van der Waals surface area contributed by atoms with Gasteiger partial charge in [-0.15, -0.1) is 0 Å². The Morgan fingerprint density at radius 3 is 2.75 bits per heavy atom. The third kappa shape index (κ3) is 4.65. The smallest absolute Gasteiger partial charge is 0.267 e. The highest BCUT2D eigenvalue weighted by atomic mass is 16.5. The number of hydroxylamine groups is 1. The van der Waals surface area contributed by atoms with Crippen LogP contribution in [0.4, 0.5) is 0 Å². The summed E-state index contributed by atoms with van der Waals surface area (Å²) in [6.45, 7) is 5.95. The van der Waals surface area contributed by atoms with Gasteiger partial charge >= 0.3 is 0 Å². The Labute approximate surface area is 164 Å². The average molecular weight is 378 g/mol. The van der Waals surface area contributed by atoms with E-state index in [9.17, 15) is 4.79 Å². The third-order valence-electron chi connectivity index (χ3n) is 4.61. The summed E-state index contributed by atoms with van der Waals surface area (Å²) in [4.78, 5) is 16.1. The number of hydrogen-bond acceptors (Lipinski definition) is 4. The van der Waals surface area contributed by atoms with Crippen LogP contribution in [0.2, 0.25) is 0 Å². The van der Waals surface area contributed by atoms with Crippen LogP contribution in [0.15, 0.2) is 48.7 Å². The van der Waals surface area contributed by atoms with Gasteiger partial charge in [0.15, 0.2) is 0 Å². The first-order valence-electron chi connectivity index (χ1n) is 9.53. The zero-order chi connectivity index (χ0) is 19.9. The molecule has 1 aromatic carbocycles. The summed E-state index contributed by atoms with van der Waals surface area (Å²) < 4.78 is 2.08. The maximum Gasteiger partial charge on any atom is 0.267 e. The van der Waals surface area contributed by atoms with Crippen LogP contribution in [0, 0.1) is 6.92 Å². The van der Waals surface area contributed by atoms with Crippen LogP contribution in [0.25, 0.3) is 23.0 Å². The Balaban J connectivity index is 1.99. The summed E-state index contributed by atoms with van der Waals surface area (Å²) in [5.74, 6) is -0.565. The van der Waals surface area contributed by atoms with Gasteiger partial charge in [0, 0.05) is 24.4 Å². The normalized spacial score (nSPS) is 11.4. The molecule has 1 amide bonds. The highest BCUT2D eigenvalue weighted by molar-refractivity contribution is 5.91. The Bertz CT molecular complexity index is 974. The van der Waals surface area contributed by atoms with Crippen molar-refractivity contribution in [1.82, 2.24) is 20.2 Å². The van der Waals surface area contributed by atoms with E-state index in [0.29, 0.717) is 0 Å². The van der Waals surface area contributed by atoms with E-state index in [1.807, 2.05) is 18.3 Å². The van der Waals surface area contributed by atoms with E-state index in [-0.39, 0.29) is 0 Å². The number of fused-ring (bicyclic) bond motifs is 1. The largest absolute Gasteiger partial charge is 0.311 e. The van der Waals surface area contributed by atoms with Crippen molar-refractivity contribution in [3.8, 4) is 11.3 Å². The maximum atomic E-state index is 11.2. The van der Waals surface area contributed by atoms with Crippen molar-refractivity contribution in [3.63, 3.8) is 0 Å². The summed E-state index contributed by atoms with van der Waals surface area (Å²) in [5.41, 5.74) is 7.60. The highest BCUT2D eigenvalue weighted by Crippen LogP contribution is 2.25. The summed E-state index contributed by atoms with van der Waals surface area (Å²) in [7, 11) is 0. The van der Waals surface area contributed by atoms with Crippen molar-refractivity contribution < 1.29 is 10.0 Å². The molecule has 28 heavy (non-hydrogen) atoms. The molecule has 2 heterocycles. The summed E-state index contributed by atoms with van der Waals surface area (Å²) >= 11 is 0. The summed E-state index contributed by atoms with van der Waals surface area (Å²) in [6, 6.07) is 12.2. The second-order valence-corrected chi connectivity index (χ2v) is 6.80. The van der Waals surface area contributed by atoms with Crippen molar-refractivity contribution >= 4 is 17.6 Å². The van der Waals surface area contributed by atoms with E-state index in [1.165, 1.54) is 11.6 Å². The molecule has 0 aliphatic carbocycles. The van der Waals surface area contributed by atoms with Crippen LogP contribution < -0.4 is 10.8 Å². The molecule has 0 saturated carbocycles. The van der Waals surface area contributed by atoms with Crippen molar-refractivity contribution in [1.29, 1.82) is 0 Å². The lowest BCUT2D eigenvalue weighted by atomic mass is 10.1. The standard InChI is InChI=1S/C22H26N4O2/c1-3-4-12-23-15-19-22(18-8-5-16(2)6-9-18)24-20-14-17(11-13-26(19)20)7-10-21(27)25-28/h5-11,13-14,23,28H,3-4,12,15H2,1-2H3,(H,25,27)/b10-7+. The maximum absolute atomic E-state index is 11.2. The number of amides is 1. The van der Waals surface area contributed by atoms with E-state index >= 15 is 0 Å². The molecule has 0 radical (unpaired) electrons. The lowest BCUT2D eigenvalue weighted by Gasteiger charge is -2.08. The number of aryl methyl sites for hydroxylation is 1. The number of hydrogen-bond donors (Lipinski definition) is 3. The lowest BCUT2D eigenvalue weighted by molar-refractivity contribution is -0.124. The molecule has 3 rings (SSSR count). The number of imidazole rings is 1. The van der Waals surface area contributed by atoms with E-state index in [0.717, 1.165) is 54.1 Å². The number of nitrogens with one attached hydrogen (secondary N) is 2. The average Bonchev–Trinajstić information content (AvgIpc) is 3.07. The van der Waals surface area contributed by atoms with Gasteiger partial charge in [0.2, 0.25) is 0 Å². The van der Waals surface area contributed by atoms with Gasteiger partial charge in [-0.1, -0.05) is 43.2 Å². The minimum Gasteiger partial charge on any atom is -0.311 e. The van der Waals surface area contributed by atoms with Crippen molar-refractivity contribution in [2.45, 2.75) is 33.2 Å². The van der Waals surface area contributed by atoms with Crippen molar-refractivity contribution in [3.05, 3.63) is 65.5 Å². The Hall–Kier alpha value is -2.96. The molecule has 0 fully saturated rings. The fraction of sp³-hybridized carbons (Fsp3) is 0.273. The van der Waals surface area contributed by atoms with Crippen molar-refractivity contribution in [2.24, 2.45) is 0 Å². The number of pyridine rings is 1. The molecule has 0 unspecified atom stereocenters. The first-order chi connectivity index (χ1) is 13.6. The molecule has 6 nitrogen and oxygen atoms in total. The second-order valence-electron chi connectivity index (χ2n) is 6.80. The first kappa shape index (κ1) is 19.8. The highest BCUT2D eigenvalue weighted by Gasteiger charge is 2.14. The van der Waals surface area contributed by atoms with Gasteiger partial charge in [-0.3, -0.25) is 10.0 Å². The Morgan fingerprint density at radius 2 is 2.04 bits per heavy atom. The molecule has 146 valence electrons. The molecule has 0 aliphatic rings. The molecule has 0 saturated heterocycles. The van der Waals surface area contributed by atoms with Crippen LogP contribution in [-0.2, 0) is 11.3 Å². The number of carbonyl (C=O) groups excluding carboxylic acids is 1. The molecular weight excluding hydrogens is 352 g/mol. The minimum atomic E-state index is -0.565. The Kier molecular flexibility index (Phi) is 6.57. The van der Waals surface area contributed by atoms with E-state index < -0.39 is 5.91 Å². The first-order valence-corrected chi connectivity index (χ1v) is 9.53. The minimum absolute atomic E-state index is 0.565. The number of carbonyl (C=O) groups is 1. The predicted octanol–water partition coefficient (Wildman–Crippen LogP) is 3.72. The van der Waals surface area contributed by atoms with Crippen LogP contribution in [0.3, 0.4) is 0 Å². The van der Waals surface area contributed by atoms with Gasteiger partial charge in [-0.05, 0) is 43.7 Å². The zero-order valence-electron chi connectivity index (χ0n) is 16.3. The number of nitrogens with zero attached hydrogens (tertiary/aromatic N) is 2. The van der Waals surface area contributed by atoms with E-state index in [2.05, 4.69) is 47.8 Å². The second kappa shape index (κ2) is 9.30. The topological polar surface area (TPSA) is 78.7 Å². The van der Waals surface area contributed by atoms with Crippen LogP contribution in [-0.4, -0.2) is 27.0 Å². The molecule has 6 heteroatoms. The molecule has 0 atom stereocenters. The molecule has 3 N–H and O–H groups in total. The van der Waals surface area contributed by atoms with Crippen molar-refractivity contribution in [2.75, 3.05) is 6.54 Å².